The SMILES string of the molecule is CC(NC(=O)C(=O)Nc1ccc2nc[nH]c2c1)C12CC3CC(CC(C3)C1)C2. The zero-order chi connectivity index (χ0) is 18.6. The van der Waals surface area contributed by atoms with Crippen molar-refractivity contribution in [1.82, 2.24) is 15.3 Å². The van der Waals surface area contributed by atoms with Crippen molar-refractivity contribution in [3.8, 4) is 0 Å². The highest BCUT2D eigenvalue weighted by Gasteiger charge is 2.53. The van der Waals surface area contributed by atoms with Crippen LogP contribution >= 0.6 is 0 Å². The van der Waals surface area contributed by atoms with E-state index in [9.17, 15) is 9.59 Å². The van der Waals surface area contributed by atoms with Gasteiger partial charge in [-0.25, -0.2) is 4.98 Å². The molecule has 0 aliphatic heterocycles. The first-order chi connectivity index (χ1) is 13.0. The van der Waals surface area contributed by atoms with Gasteiger partial charge in [-0.3, -0.25) is 9.59 Å². The Morgan fingerprint density at radius 2 is 1.78 bits per heavy atom. The minimum atomic E-state index is -0.606. The Kier molecular flexibility index (Phi) is 3.78. The number of aromatic amines is 1. The van der Waals surface area contributed by atoms with Gasteiger partial charge in [0, 0.05) is 11.7 Å². The summed E-state index contributed by atoms with van der Waals surface area (Å²) in [5, 5.41) is 5.72. The fraction of sp³-hybridized carbons (Fsp3) is 0.571. The third-order valence-electron chi connectivity index (χ3n) is 7.24. The molecule has 142 valence electrons. The molecule has 0 spiro atoms. The first kappa shape index (κ1) is 16.8. The van der Waals surface area contributed by atoms with Crippen LogP contribution in [0, 0.1) is 23.2 Å². The predicted molar refractivity (Wildman–Crippen MR) is 103 cm³/mol. The summed E-state index contributed by atoms with van der Waals surface area (Å²) in [4.78, 5) is 32.1. The van der Waals surface area contributed by atoms with E-state index in [1.54, 1.807) is 18.5 Å². The van der Waals surface area contributed by atoms with Crippen molar-refractivity contribution in [2.45, 2.75) is 51.5 Å². The summed E-state index contributed by atoms with van der Waals surface area (Å²) >= 11 is 0. The number of rotatable bonds is 3. The minimum absolute atomic E-state index is 0.0410. The van der Waals surface area contributed by atoms with Crippen LogP contribution in [0.2, 0.25) is 0 Å². The van der Waals surface area contributed by atoms with E-state index < -0.39 is 11.8 Å². The highest BCUT2D eigenvalue weighted by atomic mass is 16.2. The highest BCUT2D eigenvalue weighted by Crippen LogP contribution is 2.61. The normalized spacial score (nSPS) is 32.4. The van der Waals surface area contributed by atoms with Gasteiger partial charge in [-0.15, -0.1) is 0 Å². The first-order valence-corrected chi connectivity index (χ1v) is 10.1. The Balaban J connectivity index is 1.25. The number of hydrogen-bond acceptors (Lipinski definition) is 3. The quantitative estimate of drug-likeness (QED) is 0.729. The molecule has 1 aromatic heterocycles. The number of anilines is 1. The van der Waals surface area contributed by atoms with E-state index in [2.05, 4.69) is 27.5 Å². The molecule has 3 N–H and O–H groups in total. The highest BCUT2D eigenvalue weighted by molar-refractivity contribution is 6.39. The summed E-state index contributed by atoms with van der Waals surface area (Å²) in [7, 11) is 0. The molecule has 1 heterocycles. The summed E-state index contributed by atoms with van der Waals surface area (Å²) in [5.41, 5.74) is 2.44. The van der Waals surface area contributed by atoms with Gasteiger partial charge in [0.2, 0.25) is 0 Å². The third-order valence-corrected chi connectivity index (χ3v) is 7.24. The van der Waals surface area contributed by atoms with Crippen LogP contribution in [-0.2, 0) is 9.59 Å². The zero-order valence-corrected chi connectivity index (χ0v) is 15.6. The number of carbonyl (C=O) groups is 2. The van der Waals surface area contributed by atoms with Crippen molar-refractivity contribution in [2.75, 3.05) is 5.32 Å². The van der Waals surface area contributed by atoms with Crippen molar-refractivity contribution in [3.05, 3.63) is 24.5 Å². The standard InChI is InChI=1S/C21H26N4O2/c1-12(21-8-13-4-14(9-21)6-15(5-13)10-21)24-19(26)20(27)25-16-2-3-17-18(7-16)23-11-22-17/h2-3,7,11-15H,4-6,8-10H2,1H3,(H,22,23)(H,24,26)(H,25,27). The van der Waals surface area contributed by atoms with Gasteiger partial charge >= 0.3 is 11.8 Å². The lowest BCUT2D eigenvalue weighted by Gasteiger charge is -2.59. The molecular formula is C21H26N4O2. The van der Waals surface area contributed by atoms with E-state index >= 15 is 0 Å². The van der Waals surface area contributed by atoms with E-state index in [4.69, 9.17) is 0 Å². The molecule has 0 radical (unpaired) electrons. The summed E-state index contributed by atoms with van der Waals surface area (Å²) in [6.07, 6.45) is 9.34. The fourth-order valence-corrected chi connectivity index (χ4v) is 6.32. The average molecular weight is 366 g/mol. The number of amides is 2. The molecule has 4 bridgehead atoms. The number of nitrogens with zero attached hydrogens (tertiary/aromatic N) is 1. The third kappa shape index (κ3) is 2.91. The Bertz CT molecular complexity index is 867. The second-order valence-corrected chi connectivity index (χ2v) is 9.06. The van der Waals surface area contributed by atoms with Gasteiger partial charge in [-0.1, -0.05) is 0 Å². The van der Waals surface area contributed by atoms with E-state index in [-0.39, 0.29) is 11.5 Å². The van der Waals surface area contributed by atoms with Crippen molar-refractivity contribution >= 4 is 28.5 Å². The van der Waals surface area contributed by atoms with Crippen LogP contribution in [0.1, 0.15) is 45.4 Å². The molecule has 1 aromatic carbocycles. The van der Waals surface area contributed by atoms with Crippen molar-refractivity contribution in [2.24, 2.45) is 23.2 Å². The minimum Gasteiger partial charge on any atom is -0.345 e. The summed E-state index contributed by atoms with van der Waals surface area (Å²) in [5.74, 6) is 1.33. The summed E-state index contributed by atoms with van der Waals surface area (Å²) < 4.78 is 0. The topological polar surface area (TPSA) is 86.9 Å². The van der Waals surface area contributed by atoms with Gasteiger partial charge in [-0.05, 0) is 86.8 Å². The van der Waals surface area contributed by atoms with Crippen LogP contribution in [0.5, 0.6) is 0 Å². The molecule has 6 heteroatoms. The Labute approximate surface area is 158 Å². The van der Waals surface area contributed by atoms with E-state index in [0.717, 1.165) is 28.8 Å². The molecule has 4 aliphatic carbocycles. The maximum atomic E-state index is 12.5. The Morgan fingerprint density at radius 3 is 2.44 bits per heavy atom. The lowest BCUT2D eigenvalue weighted by molar-refractivity contribution is -0.138. The zero-order valence-electron chi connectivity index (χ0n) is 15.6. The van der Waals surface area contributed by atoms with Gasteiger partial charge in [0.15, 0.2) is 0 Å². The molecule has 0 saturated heterocycles. The second kappa shape index (κ2) is 6.08. The number of hydrogen-bond donors (Lipinski definition) is 3. The molecule has 6 nitrogen and oxygen atoms in total. The van der Waals surface area contributed by atoms with Crippen molar-refractivity contribution in [3.63, 3.8) is 0 Å². The lowest BCUT2D eigenvalue weighted by Crippen LogP contribution is -2.57. The average Bonchev–Trinajstić information content (AvgIpc) is 3.08. The van der Waals surface area contributed by atoms with Crippen LogP contribution in [0.25, 0.3) is 11.0 Å². The van der Waals surface area contributed by atoms with Crippen molar-refractivity contribution < 1.29 is 9.59 Å². The van der Waals surface area contributed by atoms with Gasteiger partial charge in [0.1, 0.15) is 0 Å². The van der Waals surface area contributed by atoms with Gasteiger partial charge < -0.3 is 15.6 Å². The van der Waals surface area contributed by atoms with Gasteiger partial charge in [0.25, 0.3) is 0 Å². The molecule has 4 fully saturated rings. The fourth-order valence-electron chi connectivity index (χ4n) is 6.32. The molecule has 2 amide bonds. The van der Waals surface area contributed by atoms with Crippen LogP contribution in [0.4, 0.5) is 5.69 Å². The van der Waals surface area contributed by atoms with E-state index in [1.165, 1.54) is 38.5 Å². The Hall–Kier alpha value is -2.37. The lowest BCUT2D eigenvalue weighted by atomic mass is 9.48. The maximum absolute atomic E-state index is 12.5. The number of nitrogens with one attached hydrogen (secondary N) is 3. The molecule has 2 aromatic rings. The van der Waals surface area contributed by atoms with E-state index in [1.807, 2.05) is 6.07 Å². The van der Waals surface area contributed by atoms with Gasteiger partial charge in [0.05, 0.1) is 17.4 Å². The molecule has 1 atom stereocenters. The van der Waals surface area contributed by atoms with Crippen LogP contribution in [0.15, 0.2) is 24.5 Å². The number of imidazole rings is 1. The molecule has 4 aliphatic rings. The molecule has 6 rings (SSSR count). The predicted octanol–water partition coefficient (Wildman–Crippen LogP) is 3.22. The van der Waals surface area contributed by atoms with Crippen LogP contribution in [-0.4, -0.2) is 27.8 Å². The molecule has 1 unspecified atom stereocenters. The maximum Gasteiger partial charge on any atom is 0.313 e. The smallest absolute Gasteiger partial charge is 0.313 e. The molecule has 4 saturated carbocycles. The monoisotopic (exact) mass is 366 g/mol. The number of carbonyl (C=O) groups excluding carboxylic acids is 2. The number of aromatic nitrogens is 2. The van der Waals surface area contributed by atoms with Gasteiger partial charge in [-0.2, -0.15) is 0 Å². The molecule has 27 heavy (non-hydrogen) atoms. The number of fused-ring (bicyclic) bond motifs is 1. The summed E-state index contributed by atoms with van der Waals surface area (Å²) in [6, 6.07) is 5.41. The van der Waals surface area contributed by atoms with Crippen molar-refractivity contribution in [1.29, 1.82) is 0 Å². The first-order valence-electron chi connectivity index (χ1n) is 10.1. The summed E-state index contributed by atoms with van der Waals surface area (Å²) in [6.45, 7) is 2.09. The largest absolute Gasteiger partial charge is 0.345 e. The Morgan fingerprint density at radius 1 is 1.11 bits per heavy atom. The van der Waals surface area contributed by atoms with E-state index in [0.29, 0.717) is 5.69 Å². The molecular weight excluding hydrogens is 340 g/mol. The van der Waals surface area contributed by atoms with Crippen LogP contribution in [0.3, 0.4) is 0 Å². The number of H-pyrrole nitrogens is 1. The second-order valence-electron chi connectivity index (χ2n) is 9.06. The van der Waals surface area contributed by atoms with Crippen LogP contribution < -0.4 is 10.6 Å². The number of benzene rings is 1.